The lowest BCUT2D eigenvalue weighted by atomic mass is 10.1. The van der Waals surface area contributed by atoms with E-state index >= 15 is 0 Å². The van der Waals surface area contributed by atoms with Crippen molar-refractivity contribution in [3.63, 3.8) is 0 Å². The van der Waals surface area contributed by atoms with Crippen molar-refractivity contribution in [2.75, 3.05) is 0 Å². The van der Waals surface area contributed by atoms with E-state index in [9.17, 15) is 4.79 Å². The first-order chi connectivity index (χ1) is 6.81. The van der Waals surface area contributed by atoms with Crippen molar-refractivity contribution in [3.8, 4) is 11.5 Å². The van der Waals surface area contributed by atoms with Crippen molar-refractivity contribution < 1.29 is 9.21 Å². The van der Waals surface area contributed by atoms with E-state index in [1.54, 1.807) is 0 Å². The predicted molar refractivity (Wildman–Crippen MR) is 52.1 cm³/mol. The highest BCUT2D eigenvalue weighted by molar-refractivity contribution is 5.71. The van der Waals surface area contributed by atoms with Crippen LogP contribution in [0.3, 0.4) is 0 Å². The number of hydrogen-bond acceptors (Lipinski definition) is 3. The summed E-state index contributed by atoms with van der Waals surface area (Å²) in [6, 6.07) is 7.74. The highest BCUT2D eigenvalue weighted by atomic mass is 16.4. The zero-order valence-corrected chi connectivity index (χ0v) is 7.73. The number of rotatable bonds is 2. The van der Waals surface area contributed by atoms with Gasteiger partial charge in [0.25, 0.3) is 0 Å². The maximum Gasteiger partial charge on any atom is 0.227 e. The van der Waals surface area contributed by atoms with E-state index in [1.807, 2.05) is 31.2 Å². The minimum atomic E-state index is 0.253. The Kier molecular flexibility index (Phi) is 2.14. The second-order valence-electron chi connectivity index (χ2n) is 3.00. The largest absolute Gasteiger partial charge is 0.433 e. The average Bonchev–Trinajstić information content (AvgIpc) is 2.67. The number of aldehydes is 1. The standard InChI is InChI=1S/C11H9NO2/c1-8-4-2-3-5-10(8)11-12-6-9(7-13)14-11/h2-7H,1H3. The molecule has 2 aromatic rings. The summed E-state index contributed by atoms with van der Waals surface area (Å²) in [5.74, 6) is 0.744. The van der Waals surface area contributed by atoms with Crippen LogP contribution in [0, 0.1) is 6.92 Å². The molecule has 0 N–H and O–H groups in total. The van der Waals surface area contributed by atoms with Gasteiger partial charge >= 0.3 is 0 Å². The van der Waals surface area contributed by atoms with Gasteiger partial charge in [-0.1, -0.05) is 18.2 Å². The van der Waals surface area contributed by atoms with E-state index in [1.165, 1.54) is 6.20 Å². The number of benzene rings is 1. The molecular formula is C11H9NO2. The van der Waals surface area contributed by atoms with E-state index in [2.05, 4.69) is 4.98 Å². The lowest BCUT2D eigenvalue weighted by Gasteiger charge is -1.98. The molecule has 1 heterocycles. The molecule has 0 aliphatic carbocycles. The van der Waals surface area contributed by atoms with Crippen LogP contribution in [0.15, 0.2) is 34.9 Å². The fourth-order valence-electron chi connectivity index (χ4n) is 1.28. The molecule has 0 bridgehead atoms. The molecule has 0 amide bonds. The van der Waals surface area contributed by atoms with Gasteiger partial charge in [0, 0.05) is 5.56 Å². The van der Waals surface area contributed by atoms with Crippen LogP contribution in [-0.2, 0) is 0 Å². The van der Waals surface area contributed by atoms with Crippen LogP contribution in [0.4, 0.5) is 0 Å². The molecule has 0 saturated heterocycles. The molecule has 0 spiro atoms. The summed E-state index contributed by atoms with van der Waals surface area (Å²) in [6.07, 6.45) is 2.07. The highest BCUT2D eigenvalue weighted by Crippen LogP contribution is 2.21. The number of aromatic nitrogens is 1. The Morgan fingerprint density at radius 1 is 1.36 bits per heavy atom. The van der Waals surface area contributed by atoms with Crippen molar-refractivity contribution in [3.05, 3.63) is 41.8 Å². The summed E-state index contributed by atoms with van der Waals surface area (Å²) in [5, 5.41) is 0. The molecule has 0 fully saturated rings. The molecule has 1 aromatic carbocycles. The Morgan fingerprint density at radius 2 is 2.14 bits per heavy atom. The van der Waals surface area contributed by atoms with Gasteiger partial charge in [0.2, 0.25) is 5.89 Å². The highest BCUT2D eigenvalue weighted by Gasteiger charge is 2.07. The third-order valence-corrected chi connectivity index (χ3v) is 2.02. The van der Waals surface area contributed by atoms with Gasteiger partial charge in [-0.05, 0) is 18.6 Å². The summed E-state index contributed by atoms with van der Waals surface area (Å²) in [4.78, 5) is 14.4. The second-order valence-corrected chi connectivity index (χ2v) is 3.00. The predicted octanol–water partition coefficient (Wildman–Crippen LogP) is 2.46. The average molecular weight is 187 g/mol. The van der Waals surface area contributed by atoms with Crippen LogP contribution in [0.25, 0.3) is 11.5 Å². The van der Waals surface area contributed by atoms with Crippen LogP contribution in [-0.4, -0.2) is 11.3 Å². The molecule has 3 nitrogen and oxygen atoms in total. The number of carbonyl (C=O) groups is 1. The van der Waals surface area contributed by atoms with Gasteiger partial charge in [-0.3, -0.25) is 4.79 Å². The number of nitrogens with zero attached hydrogens (tertiary/aromatic N) is 1. The zero-order chi connectivity index (χ0) is 9.97. The first kappa shape index (κ1) is 8.69. The lowest BCUT2D eigenvalue weighted by molar-refractivity contribution is 0.110. The second kappa shape index (κ2) is 3.46. The first-order valence-electron chi connectivity index (χ1n) is 4.28. The molecular weight excluding hydrogens is 178 g/mol. The Morgan fingerprint density at radius 3 is 2.79 bits per heavy atom. The maximum atomic E-state index is 10.4. The van der Waals surface area contributed by atoms with Gasteiger partial charge in [0.1, 0.15) is 0 Å². The van der Waals surface area contributed by atoms with Crippen molar-refractivity contribution in [1.82, 2.24) is 4.98 Å². The summed E-state index contributed by atoms with van der Waals surface area (Å²) in [7, 11) is 0. The van der Waals surface area contributed by atoms with Crippen molar-refractivity contribution in [2.45, 2.75) is 6.92 Å². The Balaban J connectivity index is 2.49. The van der Waals surface area contributed by atoms with Crippen LogP contribution in [0.2, 0.25) is 0 Å². The minimum Gasteiger partial charge on any atom is -0.433 e. The number of aryl methyl sites for hydroxylation is 1. The molecule has 0 unspecified atom stereocenters. The number of carbonyl (C=O) groups excluding carboxylic acids is 1. The minimum absolute atomic E-state index is 0.253. The van der Waals surface area contributed by atoms with E-state index in [0.717, 1.165) is 11.1 Å². The lowest BCUT2D eigenvalue weighted by Crippen LogP contribution is -1.81. The van der Waals surface area contributed by atoms with Crippen molar-refractivity contribution >= 4 is 6.29 Å². The molecule has 70 valence electrons. The number of hydrogen-bond donors (Lipinski definition) is 0. The van der Waals surface area contributed by atoms with E-state index in [4.69, 9.17) is 4.42 Å². The first-order valence-corrected chi connectivity index (χ1v) is 4.28. The van der Waals surface area contributed by atoms with E-state index in [-0.39, 0.29) is 5.76 Å². The van der Waals surface area contributed by atoms with Gasteiger partial charge in [-0.2, -0.15) is 0 Å². The van der Waals surface area contributed by atoms with Gasteiger partial charge in [0.15, 0.2) is 12.0 Å². The molecule has 0 saturated carbocycles. The fraction of sp³-hybridized carbons (Fsp3) is 0.0909. The zero-order valence-electron chi connectivity index (χ0n) is 7.73. The molecule has 0 radical (unpaired) electrons. The normalized spacial score (nSPS) is 10.1. The third kappa shape index (κ3) is 1.44. The van der Waals surface area contributed by atoms with Crippen molar-refractivity contribution in [2.24, 2.45) is 0 Å². The van der Waals surface area contributed by atoms with Crippen LogP contribution in [0.5, 0.6) is 0 Å². The van der Waals surface area contributed by atoms with Gasteiger partial charge in [0.05, 0.1) is 6.20 Å². The van der Waals surface area contributed by atoms with E-state index < -0.39 is 0 Å². The summed E-state index contributed by atoms with van der Waals surface area (Å²) >= 11 is 0. The van der Waals surface area contributed by atoms with Crippen LogP contribution < -0.4 is 0 Å². The summed E-state index contributed by atoms with van der Waals surface area (Å²) in [5.41, 5.74) is 1.99. The monoisotopic (exact) mass is 187 g/mol. The molecule has 0 atom stereocenters. The molecule has 3 heteroatoms. The Hall–Kier alpha value is -1.90. The summed E-state index contributed by atoms with van der Waals surface area (Å²) in [6.45, 7) is 1.97. The molecule has 2 rings (SSSR count). The van der Waals surface area contributed by atoms with Gasteiger partial charge < -0.3 is 4.42 Å². The molecule has 0 aliphatic heterocycles. The van der Waals surface area contributed by atoms with Gasteiger partial charge in [-0.25, -0.2) is 4.98 Å². The Labute approximate surface area is 81.4 Å². The fourth-order valence-corrected chi connectivity index (χ4v) is 1.28. The van der Waals surface area contributed by atoms with Crippen LogP contribution >= 0.6 is 0 Å². The quantitative estimate of drug-likeness (QED) is 0.678. The van der Waals surface area contributed by atoms with Gasteiger partial charge in [-0.15, -0.1) is 0 Å². The van der Waals surface area contributed by atoms with Crippen molar-refractivity contribution in [1.29, 1.82) is 0 Å². The summed E-state index contributed by atoms with van der Waals surface area (Å²) < 4.78 is 5.22. The SMILES string of the molecule is Cc1ccccc1-c1ncc(C=O)o1. The van der Waals surface area contributed by atoms with E-state index in [0.29, 0.717) is 12.2 Å². The topological polar surface area (TPSA) is 43.1 Å². The third-order valence-electron chi connectivity index (χ3n) is 2.02. The van der Waals surface area contributed by atoms with Crippen LogP contribution in [0.1, 0.15) is 16.1 Å². The smallest absolute Gasteiger partial charge is 0.227 e. The molecule has 1 aromatic heterocycles. The Bertz CT molecular complexity index is 460. The number of oxazole rings is 1. The maximum absolute atomic E-state index is 10.4. The molecule has 14 heavy (non-hydrogen) atoms. The molecule has 0 aliphatic rings.